The lowest BCUT2D eigenvalue weighted by Gasteiger charge is -2.17. The minimum absolute atomic E-state index is 0.290. The predicted molar refractivity (Wildman–Crippen MR) is 74.3 cm³/mol. The molecule has 2 rings (SSSR count). The molecule has 1 aliphatic carbocycles. The molecule has 1 heterocycles. The van der Waals surface area contributed by atoms with Crippen LogP contribution in [0.1, 0.15) is 26.2 Å². The van der Waals surface area contributed by atoms with E-state index < -0.39 is 0 Å². The molecule has 0 radical (unpaired) electrons. The highest BCUT2D eigenvalue weighted by Crippen LogP contribution is 2.33. The number of nitrogens with one attached hydrogen (secondary N) is 1. The number of hydrogen-bond donors (Lipinski definition) is 1. The van der Waals surface area contributed by atoms with Gasteiger partial charge in [-0.3, -0.25) is 0 Å². The third kappa shape index (κ3) is 3.18. The molecule has 1 aliphatic rings. The summed E-state index contributed by atoms with van der Waals surface area (Å²) < 4.78 is 0. The van der Waals surface area contributed by atoms with Crippen molar-refractivity contribution in [3.63, 3.8) is 0 Å². The Balaban J connectivity index is 2.01. The molecule has 5 heteroatoms. The lowest BCUT2D eigenvalue weighted by Crippen LogP contribution is -2.17. The fourth-order valence-corrected chi connectivity index (χ4v) is 2.89. The lowest BCUT2D eigenvalue weighted by atomic mass is 9.98. The van der Waals surface area contributed by atoms with Crippen LogP contribution in [0.5, 0.6) is 0 Å². The van der Waals surface area contributed by atoms with E-state index in [1.165, 1.54) is 19.3 Å². The molecule has 0 amide bonds. The fourth-order valence-electron chi connectivity index (χ4n) is 2.32. The first-order valence-corrected chi connectivity index (χ1v) is 6.96. The number of aromatic nitrogens is 1. The van der Waals surface area contributed by atoms with Crippen molar-refractivity contribution >= 4 is 40.6 Å². The van der Waals surface area contributed by atoms with E-state index in [1.807, 2.05) is 0 Å². The van der Waals surface area contributed by atoms with Crippen LogP contribution < -0.4 is 5.32 Å². The summed E-state index contributed by atoms with van der Waals surface area (Å²) in [6.45, 7) is 3.19. The Morgan fingerprint density at radius 3 is 2.71 bits per heavy atom. The van der Waals surface area contributed by atoms with Crippen LogP contribution in [-0.4, -0.2) is 11.5 Å². The second kappa shape index (κ2) is 5.64. The lowest BCUT2D eigenvalue weighted by molar-refractivity contribution is 0.439. The van der Waals surface area contributed by atoms with Gasteiger partial charge in [0.2, 0.25) is 0 Å². The van der Waals surface area contributed by atoms with E-state index in [1.54, 1.807) is 6.07 Å². The van der Waals surface area contributed by atoms with Gasteiger partial charge in [0, 0.05) is 6.54 Å². The zero-order valence-corrected chi connectivity index (χ0v) is 11.9. The molecule has 1 fully saturated rings. The Labute approximate surface area is 117 Å². The quantitative estimate of drug-likeness (QED) is 0.803. The summed E-state index contributed by atoms with van der Waals surface area (Å²) in [6, 6.07) is 1.62. The van der Waals surface area contributed by atoms with Crippen molar-refractivity contribution in [1.29, 1.82) is 0 Å². The summed E-state index contributed by atoms with van der Waals surface area (Å²) in [5.74, 6) is 2.09. The van der Waals surface area contributed by atoms with Crippen molar-refractivity contribution in [2.75, 3.05) is 11.9 Å². The first kappa shape index (κ1) is 13.3. The minimum Gasteiger partial charge on any atom is -0.368 e. The van der Waals surface area contributed by atoms with Gasteiger partial charge in [-0.1, -0.05) is 54.6 Å². The van der Waals surface area contributed by atoms with Crippen molar-refractivity contribution in [3.8, 4) is 0 Å². The van der Waals surface area contributed by atoms with E-state index in [-0.39, 0.29) is 5.15 Å². The summed E-state index contributed by atoms with van der Waals surface area (Å²) in [7, 11) is 0. The summed E-state index contributed by atoms with van der Waals surface area (Å²) in [6.07, 6.45) is 3.90. The second-order valence-electron chi connectivity index (χ2n) is 4.64. The van der Waals surface area contributed by atoms with Gasteiger partial charge >= 0.3 is 0 Å². The van der Waals surface area contributed by atoms with Gasteiger partial charge < -0.3 is 5.32 Å². The molecule has 0 spiro atoms. The summed E-state index contributed by atoms with van der Waals surface area (Å²) in [4.78, 5) is 4.15. The minimum atomic E-state index is 0.290. The van der Waals surface area contributed by atoms with Crippen LogP contribution in [0.2, 0.25) is 15.2 Å². The highest BCUT2D eigenvalue weighted by Gasteiger charge is 2.23. The third-order valence-electron chi connectivity index (χ3n) is 3.46. The zero-order valence-electron chi connectivity index (χ0n) is 9.64. The molecular weight excluding hydrogens is 279 g/mol. The van der Waals surface area contributed by atoms with Crippen LogP contribution in [0.15, 0.2) is 6.07 Å². The number of hydrogen-bond acceptors (Lipinski definition) is 2. The van der Waals surface area contributed by atoms with Crippen LogP contribution in [0.25, 0.3) is 0 Å². The Kier molecular flexibility index (Phi) is 4.40. The van der Waals surface area contributed by atoms with Crippen molar-refractivity contribution < 1.29 is 0 Å². The van der Waals surface area contributed by atoms with Gasteiger partial charge in [-0.2, -0.15) is 0 Å². The monoisotopic (exact) mass is 292 g/mol. The molecule has 1 aromatic rings. The van der Waals surface area contributed by atoms with E-state index in [4.69, 9.17) is 34.8 Å². The summed E-state index contributed by atoms with van der Waals surface area (Å²) >= 11 is 17.8. The van der Waals surface area contributed by atoms with Gasteiger partial charge in [-0.15, -0.1) is 0 Å². The van der Waals surface area contributed by atoms with Crippen molar-refractivity contribution in [2.24, 2.45) is 11.8 Å². The van der Waals surface area contributed by atoms with Crippen LogP contribution in [0.3, 0.4) is 0 Å². The first-order valence-electron chi connectivity index (χ1n) is 5.83. The molecular formula is C12H15Cl3N2. The third-order valence-corrected chi connectivity index (χ3v) is 4.42. The van der Waals surface area contributed by atoms with E-state index in [0.717, 1.165) is 12.5 Å². The molecule has 2 nitrogen and oxygen atoms in total. The molecule has 2 unspecified atom stereocenters. The van der Waals surface area contributed by atoms with E-state index in [2.05, 4.69) is 17.2 Å². The average molecular weight is 294 g/mol. The van der Waals surface area contributed by atoms with Gasteiger partial charge in [-0.05, 0) is 24.3 Å². The Morgan fingerprint density at radius 1 is 1.29 bits per heavy atom. The summed E-state index contributed by atoms with van der Waals surface area (Å²) in [5, 5.41) is 4.46. The molecule has 17 heavy (non-hydrogen) atoms. The van der Waals surface area contributed by atoms with Gasteiger partial charge in [0.1, 0.15) is 11.0 Å². The van der Waals surface area contributed by atoms with Crippen LogP contribution in [-0.2, 0) is 0 Å². The van der Waals surface area contributed by atoms with E-state index >= 15 is 0 Å². The standard InChI is InChI=1S/C12H15Cl3N2/c1-7-3-2-4-8(7)6-16-12-10(14)5-9(13)11(15)17-12/h5,7-8H,2-4,6H2,1H3,(H,16,17). The second-order valence-corrected chi connectivity index (χ2v) is 5.81. The van der Waals surface area contributed by atoms with Crippen LogP contribution >= 0.6 is 34.8 Å². The van der Waals surface area contributed by atoms with E-state index in [0.29, 0.717) is 21.8 Å². The van der Waals surface area contributed by atoms with Gasteiger partial charge in [0.05, 0.1) is 10.0 Å². The molecule has 0 saturated heterocycles. The van der Waals surface area contributed by atoms with Crippen molar-refractivity contribution in [2.45, 2.75) is 26.2 Å². The fraction of sp³-hybridized carbons (Fsp3) is 0.583. The van der Waals surface area contributed by atoms with Crippen LogP contribution in [0, 0.1) is 11.8 Å². The Hall–Kier alpha value is -0.180. The van der Waals surface area contributed by atoms with Crippen molar-refractivity contribution in [3.05, 3.63) is 21.3 Å². The normalized spacial score (nSPS) is 24.0. The Morgan fingerprint density at radius 2 is 2.06 bits per heavy atom. The zero-order chi connectivity index (χ0) is 12.4. The number of rotatable bonds is 3. The Bertz CT molecular complexity index is 409. The smallest absolute Gasteiger partial charge is 0.150 e. The molecule has 94 valence electrons. The maximum Gasteiger partial charge on any atom is 0.150 e. The molecule has 1 aromatic heterocycles. The number of anilines is 1. The first-order chi connectivity index (χ1) is 8.08. The summed E-state index contributed by atoms with van der Waals surface area (Å²) in [5.41, 5.74) is 0. The van der Waals surface area contributed by atoms with Crippen LogP contribution in [0.4, 0.5) is 5.82 Å². The maximum atomic E-state index is 6.06. The topological polar surface area (TPSA) is 24.9 Å². The highest BCUT2D eigenvalue weighted by molar-refractivity contribution is 6.42. The average Bonchev–Trinajstić information content (AvgIpc) is 2.68. The number of halogens is 3. The largest absolute Gasteiger partial charge is 0.368 e. The van der Waals surface area contributed by atoms with Gasteiger partial charge in [0.15, 0.2) is 0 Å². The molecule has 2 atom stereocenters. The molecule has 0 bridgehead atoms. The number of nitrogens with zero attached hydrogens (tertiary/aromatic N) is 1. The molecule has 1 saturated carbocycles. The van der Waals surface area contributed by atoms with Gasteiger partial charge in [-0.25, -0.2) is 4.98 Å². The highest BCUT2D eigenvalue weighted by atomic mass is 35.5. The molecule has 0 aliphatic heterocycles. The SMILES string of the molecule is CC1CCCC1CNc1nc(Cl)c(Cl)cc1Cl. The van der Waals surface area contributed by atoms with Gasteiger partial charge in [0.25, 0.3) is 0 Å². The van der Waals surface area contributed by atoms with E-state index in [9.17, 15) is 0 Å². The predicted octanol–water partition coefficient (Wildman–Crippen LogP) is 4.89. The molecule has 1 N–H and O–H groups in total. The van der Waals surface area contributed by atoms with Crippen molar-refractivity contribution in [1.82, 2.24) is 4.98 Å². The number of pyridine rings is 1. The maximum absolute atomic E-state index is 6.06. The molecule has 0 aromatic carbocycles.